The number of rotatable bonds is 3. The van der Waals surface area contributed by atoms with Crippen molar-refractivity contribution in [1.29, 1.82) is 0 Å². The molecule has 3 heteroatoms. The minimum absolute atomic E-state index is 0.0252. The van der Waals surface area contributed by atoms with Gasteiger partial charge in [-0.3, -0.25) is 0 Å². The summed E-state index contributed by atoms with van der Waals surface area (Å²) < 4.78 is 12.2. The zero-order valence-electron chi connectivity index (χ0n) is 11.9. The van der Waals surface area contributed by atoms with E-state index in [0.29, 0.717) is 0 Å². The number of ether oxygens (including phenoxy) is 2. The molecule has 0 spiro atoms. The van der Waals surface area contributed by atoms with Gasteiger partial charge in [0.25, 0.3) is 0 Å². The maximum atomic E-state index is 6.18. The number of hydrogen-bond donors (Lipinski definition) is 0. The van der Waals surface area contributed by atoms with Crippen molar-refractivity contribution in [3.63, 3.8) is 0 Å². The van der Waals surface area contributed by atoms with E-state index in [4.69, 9.17) is 9.47 Å². The molecule has 1 aliphatic rings. The molecule has 0 bridgehead atoms. The van der Waals surface area contributed by atoms with E-state index in [1.54, 1.807) is 0 Å². The van der Waals surface area contributed by atoms with Gasteiger partial charge in [0.2, 0.25) is 0 Å². The summed E-state index contributed by atoms with van der Waals surface area (Å²) in [7, 11) is 4.15. The molecule has 0 saturated carbocycles. The fraction of sp³-hybridized carbons (Fsp3) is 0.294. The Labute approximate surface area is 119 Å². The summed E-state index contributed by atoms with van der Waals surface area (Å²) in [5.74, 6) is 2.49. The molecule has 0 N–H and O–H groups in total. The molecular formula is C17H19NO2. The van der Waals surface area contributed by atoms with Crippen LogP contribution in [0.25, 0.3) is 0 Å². The van der Waals surface area contributed by atoms with Gasteiger partial charge >= 0.3 is 0 Å². The van der Waals surface area contributed by atoms with Gasteiger partial charge in [0, 0.05) is 18.5 Å². The number of nitrogens with zero attached hydrogens (tertiary/aromatic N) is 1. The van der Waals surface area contributed by atoms with Crippen molar-refractivity contribution >= 4 is 0 Å². The van der Waals surface area contributed by atoms with Gasteiger partial charge < -0.3 is 14.4 Å². The lowest BCUT2D eigenvalue weighted by molar-refractivity contribution is 0.181. The van der Waals surface area contributed by atoms with Crippen LogP contribution >= 0.6 is 0 Å². The second-order valence-corrected chi connectivity index (χ2v) is 5.29. The highest BCUT2D eigenvalue weighted by molar-refractivity contribution is 5.48. The average Bonchev–Trinajstić information content (AvgIpc) is 2.61. The highest BCUT2D eigenvalue weighted by Gasteiger charge is 2.23. The Morgan fingerprint density at radius 2 is 1.55 bits per heavy atom. The maximum Gasteiger partial charge on any atom is 0.169 e. The third-order valence-electron chi connectivity index (χ3n) is 3.44. The van der Waals surface area contributed by atoms with Crippen LogP contribution in [0, 0.1) is 0 Å². The van der Waals surface area contributed by atoms with Crippen LogP contribution in [0.2, 0.25) is 0 Å². The summed E-state index contributed by atoms with van der Waals surface area (Å²) in [5.41, 5.74) is 1.12. The summed E-state index contributed by atoms with van der Waals surface area (Å²) in [4.78, 5) is 2.17. The molecule has 0 radical (unpaired) electrons. The zero-order valence-corrected chi connectivity index (χ0v) is 11.9. The molecule has 3 rings (SSSR count). The molecule has 20 heavy (non-hydrogen) atoms. The summed E-state index contributed by atoms with van der Waals surface area (Å²) in [6, 6.07) is 16.0. The van der Waals surface area contributed by atoms with E-state index < -0.39 is 0 Å². The lowest BCUT2D eigenvalue weighted by Crippen LogP contribution is -2.18. The quantitative estimate of drug-likeness (QED) is 0.844. The Kier molecular flexibility index (Phi) is 3.61. The molecule has 0 unspecified atom stereocenters. The second kappa shape index (κ2) is 5.55. The van der Waals surface area contributed by atoms with Crippen molar-refractivity contribution in [3.8, 4) is 17.2 Å². The first kappa shape index (κ1) is 13.0. The molecule has 1 aliphatic heterocycles. The van der Waals surface area contributed by atoms with Gasteiger partial charge in [-0.1, -0.05) is 30.3 Å². The number of para-hydroxylation sites is 3. The molecule has 0 fully saturated rings. The van der Waals surface area contributed by atoms with E-state index in [-0.39, 0.29) is 6.10 Å². The number of benzene rings is 2. The molecular weight excluding hydrogens is 250 g/mol. The molecule has 0 amide bonds. The minimum atomic E-state index is 0.0252. The molecule has 3 nitrogen and oxygen atoms in total. The van der Waals surface area contributed by atoms with Crippen LogP contribution in [0.1, 0.15) is 18.1 Å². The Hall–Kier alpha value is -2.00. The van der Waals surface area contributed by atoms with Crippen molar-refractivity contribution in [2.75, 3.05) is 20.6 Å². The number of fused-ring (bicyclic) bond motifs is 2. The predicted molar refractivity (Wildman–Crippen MR) is 79.5 cm³/mol. The monoisotopic (exact) mass is 269 g/mol. The van der Waals surface area contributed by atoms with Gasteiger partial charge in [0.05, 0.1) is 0 Å². The number of hydrogen-bond acceptors (Lipinski definition) is 3. The van der Waals surface area contributed by atoms with Gasteiger partial charge in [0.1, 0.15) is 11.9 Å². The van der Waals surface area contributed by atoms with Gasteiger partial charge in [0.15, 0.2) is 11.5 Å². The molecule has 0 aromatic heterocycles. The Morgan fingerprint density at radius 1 is 0.900 bits per heavy atom. The normalized spacial score (nSPS) is 16.6. The molecule has 2 aromatic carbocycles. The third kappa shape index (κ3) is 2.63. The fourth-order valence-electron chi connectivity index (χ4n) is 2.40. The first-order valence-corrected chi connectivity index (χ1v) is 6.91. The Morgan fingerprint density at radius 3 is 2.30 bits per heavy atom. The largest absolute Gasteiger partial charge is 0.482 e. The van der Waals surface area contributed by atoms with Crippen molar-refractivity contribution in [2.45, 2.75) is 12.5 Å². The van der Waals surface area contributed by atoms with E-state index in [9.17, 15) is 0 Å². The molecule has 104 valence electrons. The lowest BCUT2D eigenvalue weighted by atomic mass is 10.1. The molecule has 0 saturated heterocycles. The SMILES string of the molecule is CN(C)CC[C@H]1Oc2ccccc2Oc2ccccc21. The second-order valence-electron chi connectivity index (χ2n) is 5.29. The standard InChI is InChI=1S/C17H19NO2/c1-18(2)12-11-15-13-7-3-4-8-14(13)19-16-9-5-6-10-17(16)20-15/h3-10,15H,11-12H2,1-2H3/t15-/m1/s1. The first-order chi connectivity index (χ1) is 9.74. The minimum Gasteiger partial charge on any atom is -0.482 e. The topological polar surface area (TPSA) is 21.7 Å². The molecule has 1 atom stereocenters. The Balaban J connectivity index is 1.97. The summed E-state index contributed by atoms with van der Waals surface area (Å²) >= 11 is 0. The van der Waals surface area contributed by atoms with E-state index in [2.05, 4.69) is 25.1 Å². The molecule has 2 aromatic rings. The van der Waals surface area contributed by atoms with Crippen molar-refractivity contribution in [1.82, 2.24) is 4.90 Å². The van der Waals surface area contributed by atoms with Gasteiger partial charge in [-0.15, -0.1) is 0 Å². The van der Waals surface area contributed by atoms with E-state index in [0.717, 1.165) is 35.8 Å². The maximum absolute atomic E-state index is 6.18. The van der Waals surface area contributed by atoms with Crippen LogP contribution in [0.4, 0.5) is 0 Å². The predicted octanol–water partition coefficient (Wildman–Crippen LogP) is 3.86. The highest BCUT2D eigenvalue weighted by Crippen LogP contribution is 2.42. The third-order valence-corrected chi connectivity index (χ3v) is 3.44. The van der Waals surface area contributed by atoms with Crippen molar-refractivity contribution < 1.29 is 9.47 Å². The van der Waals surface area contributed by atoms with E-state index in [1.807, 2.05) is 42.5 Å². The van der Waals surface area contributed by atoms with Crippen LogP contribution in [0.3, 0.4) is 0 Å². The van der Waals surface area contributed by atoms with Gasteiger partial charge in [-0.2, -0.15) is 0 Å². The first-order valence-electron chi connectivity index (χ1n) is 6.91. The highest BCUT2D eigenvalue weighted by atomic mass is 16.5. The molecule has 1 heterocycles. The Bertz CT molecular complexity index is 595. The van der Waals surface area contributed by atoms with Gasteiger partial charge in [-0.25, -0.2) is 0 Å². The zero-order chi connectivity index (χ0) is 13.9. The van der Waals surface area contributed by atoms with Gasteiger partial charge in [-0.05, 0) is 32.3 Å². The smallest absolute Gasteiger partial charge is 0.169 e. The van der Waals surface area contributed by atoms with Crippen LogP contribution < -0.4 is 9.47 Å². The van der Waals surface area contributed by atoms with Crippen LogP contribution in [-0.2, 0) is 0 Å². The van der Waals surface area contributed by atoms with Crippen LogP contribution in [0.15, 0.2) is 48.5 Å². The van der Waals surface area contributed by atoms with Crippen LogP contribution in [0.5, 0.6) is 17.2 Å². The van der Waals surface area contributed by atoms with Crippen molar-refractivity contribution in [2.24, 2.45) is 0 Å². The average molecular weight is 269 g/mol. The fourth-order valence-corrected chi connectivity index (χ4v) is 2.40. The van der Waals surface area contributed by atoms with Crippen LogP contribution in [-0.4, -0.2) is 25.5 Å². The summed E-state index contributed by atoms with van der Waals surface area (Å²) in [5, 5.41) is 0. The molecule has 0 aliphatic carbocycles. The lowest BCUT2D eigenvalue weighted by Gasteiger charge is -2.20. The van der Waals surface area contributed by atoms with E-state index >= 15 is 0 Å². The summed E-state index contributed by atoms with van der Waals surface area (Å²) in [6.07, 6.45) is 0.957. The summed E-state index contributed by atoms with van der Waals surface area (Å²) in [6.45, 7) is 0.973. The van der Waals surface area contributed by atoms with E-state index in [1.165, 1.54) is 0 Å². The van der Waals surface area contributed by atoms with Crippen molar-refractivity contribution in [3.05, 3.63) is 54.1 Å².